The van der Waals surface area contributed by atoms with Crippen molar-refractivity contribution >= 4 is 17.5 Å². The van der Waals surface area contributed by atoms with Crippen LogP contribution >= 0.6 is 11.6 Å². The van der Waals surface area contributed by atoms with Crippen molar-refractivity contribution in [2.75, 3.05) is 19.0 Å². The summed E-state index contributed by atoms with van der Waals surface area (Å²) >= 11 is 5.26. The first-order valence-electron chi connectivity index (χ1n) is 2.84. The van der Waals surface area contributed by atoms with Crippen LogP contribution in [-0.4, -0.2) is 30.0 Å². The number of hydrogen-bond acceptors (Lipinski definition) is 2. The fourth-order valence-electron chi connectivity index (χ4n) is 0.711. The first kappa shape index (κ1) is 6.83. The Balaban J connectivity index is 2.32. The van der Waals surface area contributed by atoms with E-state index in [1.165, 1.54) is 5.06 Å². The van der Waals surface area contributed by atoms with Gasteiger partial charge in [0, 0.05) is 0 Å². The van der Waals surface area contributed by atoms with E-state index in [4.69, 9.17) is 16.4 Å². The summed E-state index contributed by atoms with van der Waals surface area (Å²) in [5.41, 5.74) is 0. The van der Waals surface area contributed by atoms with E-state index in [0.717, 1.165) is 6.42 Å². The predicted molar refractivity (Wildman–Crippen MR) is 33.0 cm³/mol. The molecule has 0 aromatic heterocycles. The highest BCUT2D eigenvalue weighted by molar-refractivity contribution is 6.27. The molecule has 4 heteroatoms. The normalized spacial score (nSPS) is 18.6. The Morgan fingerprint density at radius 2 is 2.56 bits per heavy atom. The average Bonchev–Trinajstić information content (AvgIpc) is 2.37. The number of hydrogen-bond donors (Lipinski definition) is 0. The second-order valence-corrected chi connectivity index (χ2v) is 2.08. The van der Waals surface area contributed by atoms with Gasteiger partial charge in [-0.3, -0.25) is 9.63 Å². The van der Waals surface area contributed by atoms with Crippen LogP contribution in [0.3, 0.4) is 0 Å². The second kappa shape index (κ2) is 3.03. The average molecular weight is 150 g/mol. The minimum absolute atomic E-state index is 0.0139. The van der Waals surface area contributed by atoms with Gasteiger partial charge in [-0.15, -0.1) is 11.6 Å². The van der Waals surface area contributed by atoms with Gasteiger partial charge in [-0.2, -0.15) is 0 Å². The lowest BCUT2D eigenvalue weighted by molar-refractivity contribution is -0.165. The van der Waals surface area contributed by atoms with Crippen LogP contribution in [0.5, 0.6) is 0 Å². The molecule has 9 heavy (non-hydrogen) atoms. The van der Waals surface area contributed by atoms with Gasteiger partial charge in [0.1, 0.15) is 5.88 Å². The number of rotatable bonds is 1. The molecule has 0 saturated carbocycles. The number of carbonyl (C=O) groups is 1. The predicted octanol–water partition coefficient (Wildman–Crippen LogP) is 0.389. The number of alkyl halides is 1. The summed E-state index contributed by atoms with van der Waals surface area (Å²) in [6.07, 6.45) is 0.919. The molecule has 1 aliphatic rings. The van der Waals surface area contributed by atoms with Crippen molar-refractivity contribution in [3.8, 4) is 0 Å². The van der Waals surface area contributed by atoms with E-state index in [1.54, 1.807) is 0 Å². The fraction of sp³-hybridized carbons (Fsp3) is 0.800. The maximum Gasteiger partial charge on any atom is 0.261 e. The summed E-state index contributed by atoms with van der Waals surface area (Å²) in [6, 6.07) is 0. The quantitative estimate of drug-likeness (QED) is 0.505. The first-order chi connectivity index (χ1) is 4.34. The van der Waals surface area contributed by atoms with Crippen LogP contribution in [0.2, 0.25) is 0 Å². The Kier molecular flexibility index (Phi) is 2.30. The zero-order valence-electron chi connectivity index (χ0n) is 4.97. The molecule has 0 radical (unpaired) electrons. The van der Waals surface area contributed by atoms with Gasteiger partial charge in [0.2, 0.25) is 0 Å². The van der Waals surface area contributed by atoms with E-state index < -0.39 is 0 Å². The summed E-state index contributed by atoms with van der Waals surface area (Å²) in [7, 11) is 0. The minimum Gasteiger partial charge on any atom is -0.271 e. The third-order valence-corrected chi connectivity index (χ3v) is 1.37. The van der Waals surface area contributed by atoms with Crippen molar-refractivity contribution in [1.29, 1.82) is 0 Å². The van der Waals surface area contributed by atoms with E-state index in [1.807, 2.05) is 0 Å². The van der Waals surface area contributed by atoms with Crippen LogP contribution in [0.1, 0.15) is 6.42 Å². The zero-order chi connectivity index (χ0) is 6.69. The molecule has 0 N–H and O–H groups in total. The van der Waals surface area contributed by atoms with Crippen LogP contribution in [0, 0.1) is 0 Å². The summed E-state index contributed by atoms with van der Waals surface area (Å²) < 4.78 is 0. The Morgan fingerprint density at radius 1 is 1.78 bits per heavy atom. The molecule has 1 rings (SSSR count). The van der Waals surface area contributed by atoms with Crippen LogP contribution < -0.4 is 0 Å². The largest absolute Gasteiger partial charge is 0.271 e. The van der Waals surface area contributed by atoms with E-state index in [2.05, 4.69) is 0 Å². The van der Waals surface area contributed by atoms with Crippen LogP contribution in [-0.2, 0) is 9.63 Å². The smallest absolute Gasteiger partial charge is 0.261 e. The lowest BCUT2D eigenvalue weighted by Crippen LogP contribution is -2.27. The van der Waals surface area contributed by atoms with Gasteiger partial charge < -0.3 is 0 Å². The standard InChI is InChI=1S/C5H8ClNO2/c6-4-5(8)7-2-1-3-9-7/h1-4H2. The van der Waals surface area contributed by atoms with Crippen molar-refractivity contribution in [2.24, 2.45) is 0 Å². The van der Waals surface area contributed by atoms with E-state index in [0.29, 0.717) is 13.2 Å². The lowest BCUT2D eigenvalue weighted by Gasteiger charge is -2.10. The lowest BCUT2D eigenvalue weighted by atomic mass is 10.5. The highest BCUT2D eigenvalue weighted by Crippen LogP contribution is 2.04. The highest BCUT2D eigenvalue weighted by atomic mass is 35.5. The summed E-state index contributed by atoms with van der Waals surface area (Å²) in [5, 5.41) is 1.31. The van der Waals surface area contributed by atoms with Gasteiger partial charge in [-0.05, 0) is 6.42 Å². The SMILES string of the molecule is O=C(CCl)N1CCCO1. The molecule has 0 aromatic rings. The van der Waals surface area contributed by atoms with Gasteiger partial charge in [0.25, 0.3) is 5.91 Å². The molecule has 1 heterocycles. The molecule has 0 spiro atoms. The molecule has 1 amide bonds. The molecule has 3 nitrogen and oxygen atoms in total. The van der Waals surface area contributed by atoms with Crippen molar-refractivity contribution in [3.05, 3.63) is 0 Å². The molecule has 0 aliphatic carbocycles. The number of carbonyl (C=O) groups excluding carboxylic acids is 1. The van der Waals surface area contributed by atoms with Gasteiger partial charge in [-0.1, -0.05) is 0 Å². The van der Waals surface area contributed by atoms with Crippen LogP contribution in [0.25, 0.3) is 0 Å². The van der Waals surface area contributed by atoms with Crippen LogP contribution in [0.15, 0.2) is 0 Å². The van der Waals surface area contributed by atoms with Crippen molar-refractivity contribution in [1.82, 2.24) is 5.06 Å². The highest BCUT2D eigenvalue weighted by Gasteiger charge is 2.17. The Bertz CT molecular complexity index is 112. The minimum atomic E-state index is -0.144. The number of hydroxylamine groups is 2. The molecule has 0 aromatic carbocycles. The van der Waals surface area contributed by atoms with Crippen molar-refractivity contribution in [3.63, 3.8) is 0 Å². The maximum absolute atomic E-state index is 10.7. The summed E-state index contributed by atoms with van der Waals surface area (Å²) in [6.45, 7) is 1.33. The Hall–Kier alpha value is -0.280. The first-order valence-corrected chi connectivity index (χ1v) is 3.37. The van der Waals surface area contributed by atoms with E-state index in [9.17, 15) is 4.79 Å². The van der Waals surface area contributed by atoms with Crippen LogP contribution in [0.4, 0.5) is 0 Å². The van der Waals surface area contributed by atoms with Crippen molar-refractivity contribution in [2.45, 2.75) is 6.42 Å². The zero-order valence-corrected chi connectivity index (χ0v) is 5.73. The maximum atomic E-state index is 10.7. The van der Waals surface area contributed by atoms with Gasteiger partial charge in [-0.25, -0.2) is 5.06 Å². The molecule has 0 atom stereocenters. The third-order valence-electron chi connectivity index (χ3n) is 1.15. The van der Waals surface area contributed by atoms with Gasteiger partial charge in [0.15, 0.2) is 0 Å². The monoisotopic (exact) mass is 149 g/mol. The van der Waals surface area contributed by atoms with E-state index in [-0.39, 0.29) is 11.8 Å². The Morgan fingerprint density at radius 3 is 3.00 bits per heavy atom. The second-order valence-electron chi connectivity index (χ2n) is 1.82. The summed E-state index contributed by atoms with van der Waals surface area (Å²) in [5.74, 6) is -0.130. The molecule has 1 saturated heterocycles. The number of amides is 1. The van der Waals surface area contributed by atoms with Crippen molar-refractivity contribution < 1.29 is 9.63 Å². The topological polar surface area (TPSA) is 29.5 Å². The number of halogens is 1. The third kappa shape index (κ3) is 1.56. The molecule has 1 fully saturated rings. The van der Waals surface area contributed by atoms with Gasteiger partial charge >= 0.3 is 0 Å². The molecule has 0 unspecified atom stereocenters. The molecule has 52 valence electrons. The summed E-state index contributed by atoms with van der Waals surface area (Å²) in [4.78, 5) is 15.6. The molecule has 0 bridgehead atoms. The molecule has 1 aliphatic heterocycles. The van der Waals surface area contributed by atoms with E-state index >= 15 is 0 Å². The molecular weight excluding hydrogens is 142 g/mol. The number of nitrogens with zero attached hydrogens (tertiary/aromatic N) is 1. The molecular formula is C5H8ClNO2. The Labute approximate surface area is 58.5 Å². The fourth-order valence-corrected chi connectivity index (χ4v) is 0.844. The van der Waals surface area contributed by atoms with Gasteiger partial charge in [0.05, 0.1) is 13.2 Å².